The minimum atomic E-state index is -0.740. The number of esters is 1. The van der Waals surface area contributed by atoms with Gasteiger partial charge in [0.25, 0.3) is 0 Å². The van der Waals surface area contributed by atoms with Gasteiger partial charge in [0.1, 0.15) is 0 Å². The van der Waals surface area contributed by atoms with Crippen molar-refractivity contribution in [2.24, 2.45) is 0 Å². The lowest BCUT2D eigenvalue weighted by molar-refractivity contribution is 0.0600. The van der Waals surface area contributed by atoms with Crippen molar-refractivity contribution in [2.45, 2.75) is 18.9 Å². The van der Waals surface area contributed by atoms with E-state index in [0.717, 1.165) is 0 Å². The van der Waals surface area contributed by atoms with Crippen LogP contribution in [0.15, 0.2) is 18.2 Å². The van der Waals surface area contributed by atoms with Crippen molar-refractivity contribution in [1.82, 2.24) is 0 Å². The maximum Gasteiger partial charge on any atom is 0.340 e. The second-order valence-electron chi connectivity index (χ2n) is 4.90. The second-order valence-corrected chi connectivity index (χ2v) is 4.90. The summed E-state index contributed by atoms with van der Waals surface area (Å²) in [5.41, 5.74) is 6.83. The first-order chi connectivity index (χ1) is 8.44. The van der Waals surface area contributed by atoms with Gasteiger partial charge in [-0.1, -0.05) is 6.07 Å². The molecule has 98 valence electrons. The van der Waals surface area contributed by atoms with Crippen molar-refractivity contribution in [3.05, 3.63) is 23.8 Å². The number of carbonyl (C=O) groups excluding carboxylic acids is 1. The average Bonchev–Trinajstić information content (AvgIpc) is 2.68. The number of carbonyl (C=O) groups is 1. The first kappa shape index (κ1) is 12.7. The van der Waals surface area contributed by atoms with E-state index in [1.165, 1.54) is 7.11 Å². The van der Waals surface area contributed by atoms with E-state index in [-0.39, 0.29) is 0 Å². The number of β-amino-alcohol motifs (C(OH)–C–C–N with tert-alkyl or cyclic N) is 1. The fourth-order valence-electron chi connectivity index (χ4n) is 2.32. The summed E-state index contributed by atoms with van der Waals surface area (Å²) >= 11 is 0. The molecule has 0 aliphatic carbocycles. The number of ether oxygens (including phenoxy) is 1. The number of nitrogen functional groups attached to an aromatic ring is 1. The van der Waals surface area contributed by atoms with Crippen molar-refractivity contribution in [3.63, 3.8) is 0 Å². The highest BCUT2D eigenvalue weighted by Crippen LogP contribution is 2.33. The second kappa shape index (κ2) is 4.49. The molecule has 1 aromatic carbocycles. The molecule has 18 heavy (non-hydrogen) atoms. The van der Waals surface area contributed by atoms with E-state index in [9.17, 15) is 9.90 Å². The lowest BCUT2D eigenvalue weighted by atomic mass is 10.1. The van der Waals surface area contributed by atoms with Crippen molar-refractivity contribution in [1.29, 1.82) is 0 Å². The van der Waals surface area contributed by atoms with Gasteiger partial charge in [-0.15, -0.1) is 0 Å². The number of nitrogens with two attached hydrogens (primary N) is 1. The van der Waals surface area contributed by atoms with Crippen LogP contribution >= 0.6 is 0 Å². The fourth-order valence-corrected chi connectivity index (χ4v) is 2.32. The zero-order chi connectivity index (χ0) is 13.3. The summed E-state index contributed by atoms with van der Waals surface area (Å²) in [7, 11) is 1.34. The molecule has 1 saturated heterocycles. The van der Waals surface area contributed by atoms with E-state index in [2.05, 4.69) is 0 Å². The predicted octanol–water partition coefficient (Wildman–Crippen LogP) is 1.02. The van der Waals surface area contributed by atoms with Crippen LogP contribution in [-0.2, 0) is 4.74 Å². The number of benzene rings is 1. The molecular weight excluding hydrogens is 232 g/mol. The van der Waals surface area contributed by atoms with Crippen LogP contribution in [0, 0.1) is 0 Å². The third-order valence-corrected chi connectivity index (χ3v) is 3.24. The Kier molecular flexibility index (Phi) is 3.17. The predicted molar refractivity (Wildman–Crippen MR) is 69.6 cm³/mol. The van der Waals surface area contributed by atoms with Crippen molar-refractivity contribution < 1.29 is 14.6 Å². The van der Waals surface area contributed by atoms with Gasteiger partial charge >= 0.3 is 5.97 Å². The summed E-state index contributed by atoms with van der Waals surface area (Å²) in [4.78, 5) is 13.7. The monoisotopic (exact) mass is 250 g/mol. The standard InChI is InChI=1S/C13H18N2O3/c1-13(17)6-7-15(8-13)11-9(12(16)18-2)4-3-5-10(11)14/h3-5,17H,6-8,14H2,1-2H3. The summed E-state index contributed by atoms with van der Waals surface area (Å²) in [6, 6.07) is 5.15. The Bertz CT molecular complexity index is 471. The van der Waals surface area contributed by atoms with E-state index < -0.39 is 11.6 Å². The zero-order valence-electron chi connectivity index (χ0n) is 10.6. The Morgan fingerprint density at radius 2 is 2.28 bits per heavy atom. The first-order valence-electron chi connectivity index (χ1n) is 5.89. The molecule has 0 bridgehead atoms. The summed E-state index contributed by atoms with van der Waals surface area (Å²) in [6.07, 6.45) is 0.655. The molecule has 1 unspecified atom stereocenters. The van der Waals surface area contributed by atoms with E-state index >= 15 is 0 Å². The van der Waals surface area contributed by atoms with E-state index in [1.807, 2.05) is 4.90 Å². The highest BCUT2D eigenvalue weighted by atomic mass is 16.5. The number of anilines is 2. The molecule has 1 aliphatic heterocycles. The number of nitrogens with zero attached hydrogens (tertiary/aromatic N) is 1. The van der Waals surface area contributed by atoms with Crippen molar-refractivity contribution in [2.75, 3.05) is 30.8 Å². The highest BCUT2D eigenvalue weighted by Gasteiger charge is 2.34. The van der Waals surface area contributed by atoms with Crippen LogP contribution in [0.1, 0.15) is 23.7 Å². The van der Waals surface area contributed by atoms with Crippen LogP contribution in [0.5, 0.6) is 0 Å². The third-order valence-electron chi connectivity index (χ3n) is 3.24. The minimum Gasteiger partial charge on any atom is -0.465 e. The molecule has 1 fully saturated rings. The Morgan fingerprint density at radius 1 is 1.56 bits per heavy atom. The molecule has 3 N–H and O–H groups in total. The number of hydrogen-bond donors (Lipinski definition) is 2. The van der Waals surface area contributed by atoms with Crippen LogP contribution in [0.4, 0.5) is 11.4 Å². The Balaban J connectivity index is 2.41. The Morgan fingerprint density at radius 3 is 2.83 bits per heavy atom. The number of aliphatic hydroxyl groups is 1. The highest BCUT2D eigenvalue weighted by molar-refractivity contribution is 5.99. The maximum absolute atomic E-state index is 11.7. The van der Waals surface area contributed by atoms with Crippen LogP contribution in [0.2, 0.25) is 0 Å². The Labute approximate surface area is 106 Å². The lowest BCUT2D eigenvalue weighted by Gasteiger charge is -2.24. The van der Waals surface area contributed by atoms with Gasteiger partial charge in [-0.2, -0.15) is 0 Å². The van der Waals surface area contributed by atoms with Crippen molar-refractivity contribution >= 4 is 17.3 Å². The molecule has 0 aromatic heterocycles. The molecule has 1 aromatic rings. The largest absolute Gasteiger partial charge is 0.465 e. The number of methoxy groups -OCH3 is 1. The molecular formula is C13H18N2O3. The average molecular weight is 250 g/mol. The lowest BCUT2D eigenvalue weighted by Crippen LogP contribution is -2.31. The van der Waals surface area contributed by atoms with Crippen LogP contribution in [-0.4, -0.2) is 36.9 Å². The number of rotatable bonds is 2. The Hall–Kier alpha value is -1.75. The third kappa shape index (κ3) is 2.26. The molecule has 0 spiro atoms. The summed E-state index contributed by atoms with van der Waals surface area (Å²) in [5, 5.41) is 10.0. The van der Waals surface area contributed by atoms with Crippen LogP contribution in [0.25, 0.3) is 0 Å². The van der Waals surface area contributed by atoms with Gasteiger partial charge in [0.2, 0.25) is 0 Å². The molecule has 5 heteroatoms. The van der Waals surface area contributed by atoms with Gasteiger partial charge in [-0.05, 0) is 25.5 Å². The van der Waals surface area contributed by atoms with Gasteiger partial charge in [-0.3, -0.25) is 0 Å². The molecule has 5 nitrogen and oxygen atoms in total. The van der Waals surface area contributed by atoms with Gasteiger partial charge in [0, 0.05) is 13.1 Å². The summed E-state index contributed by atoms with van der Waals surface area (Å²) in [5.74, 6) is -0.413. The van der Waals surface area contributed by atoms with Gasteiger partial charge < -0.3 is 20.5 Å². The molecule has 1 heterocycles. The first-order valence-corrected chi connectivity index (χ1v) is 5.89. The van der Waals surface area contributed by atoms with Gasteiger partial charge in [0.05, 0.1) is 29.6 Å². The molecule has 1 atom stereocenters. The van der Waals surface area contributed by atoms with E-state index in [0.29, 0.717) is 36.4 Å². The van der Waals surface area contributed by atoms with Gasteiger partial charge in [0.15, 0.2) is 0 Å². The van der Waals surface area contributed by atoms with Crippen LogP contribution in [0.3, 0.4) is 0 Å². The van der Waals surface area contributed by atoms with Crippen molar-refractivity contribution in [3.8, 4) is 0 Å². The number of para-hydroxylation sites is 1. The summed E-state index contributed by atoms with van der Waals surface area (Å²) in [6.45, 7) is 2.92. The van der Waals surface area contributed by atoms with Gasteiger partial charge in [-0.25, -0.2) is 4.79 Å². The molecule has 0 saturated carbocycles. The normalized spacial score (nSPS) is 23.2. The van der Waals surface area contributed by atoms with E-state index in [4.69, 9.17) is 10.5 Å². The number of hydrogen-bond acceptors (Lipinski definition) is 5. The molecule has 1 aliphatic rings. The quantitative estimate of drug-likeness (QED) is 0.605. The zero-order valence-corrected chi connectivity index (χ0v) is 10.6. The topological polar surface area (TPSA) is 75.8 Å². The molecule has 2 rings (SSSR count). The molecule has 0 amide bonds. The van der Waals surface area contributed by atoms with E-state index in [1.54, 1.807) is 25.1 Å². The van der Waals surface area contributed by atoms with Crippen LogP contribution < -0.4 is 10.6 Å². The minimum absolute atomic E-state index is 0.413. The molecule has 0 radical (unpaired) electrons. The fraction of sp³-hybridized carbons (Fsp3) is 0.462. The summed E-state index contributed by atoms with van der Waals surface area (Å²) < 4.78 is 4.76. The SMILES string of the molecule is COC(=O)c1cccc(N)c1N1CCC(C)(O)C1. The smallest absolute Gasteiger partial charge is 0.340 e. The maximum atomic E-state index is 11.7.